The minimum atomic E-state index is -5.81. The number of unbranched alkanes of at least 4 members (excludes halogenated alkanes) is 49. The molecule has 0 aromatic heterocycles. The number of esters is 4. The van der Waals surface area contributed by atoms with Crippen LogP contribution in [-0.4, -0.2) is 205 Å². The Labute approximate surface area is 711 Å². The summed E-state index contributed by atoms with van der Waals surface area (Å²) >= 11 is 0. The van der Waals surface area contributed by atoms with Gasteiger partial charge in [0.25, 0.3) is 0 Å². The average molecular weight is 1710 g/mol. The summed E-state index contributed by atoms with van der Waals surface area (Å²) in [5, 5.41) is 102. The maximum absolute atomic E-state index is 14.9. The zero-order chi connectivity index (χ0) is 86.1. The molecule has 0 radical (unpaired) electrons. The second-order valence-electron chi connectivity index (χ2n) is 33.9. The fraction of sp³-hybridized carbons (Fsp3) is 0.913. The number of phosphoric acid groups is 1. The highest BCUT2D eigenvalue weighted by Crippen LogP contribution is 2.49. The number of carbonyl (C=O) groups is 4. The lowest BCUT2D eigenvalue weighted by atomic mass is 9.84. The number of aliphatic hydroxyl groups excluding tert-OH is 9. The summed E-state index contributed by atoms with van der Waals surface area (Å²) in [5.74, 6) is -2.98. The van der Waals surface area contributed by atoms with Gasteiger partial charge in [-0.3, -0.25) is 28.2 Å². The van der Waals surface area contributed by atoms with Gasteiger partial charge in [-0.1, -0.05) is 328 Å². The third-order valence-electron chi connectivity index (χ3n) is 23.2. The number of phosphoric ester groups is 1. The van der Waals surface area contributed by atoms with E-state index in [4.69, 9.17) is 46.9 Å². The van der Waals surface area contributed by atoms with Gasteiger partial charge in [-0.2, -0.15) is 0 Å². The van der Waals surface area contributed by atoms with Crippen molar-refractivity contribution in [3.05, 3.63) is 24.3 Å². The van der Waals surface area contributed by atoms with E-state index in [1.165, 1.54) is 173 Å². The topological polar surface area (TPSA) is 380 Å². The number of carbonyl (C=O) groups excluding carboxylic acids is 4. The molecule has 0 aromatic carbocycles. The van der Waals surface area contributed by atoms with Gasteiger partial charge in [-0.15, -0.1) is 0 Å². The van der Waals surface area contributed by atoms with Crippen molar-refractivity contribution in [3.63, 3.8) is 0 Å². The average Bonchev–Trinajstić information content (AvgIpc) is 0.754. The standard InChI is InChI=1S/C92H169O25P/c1-5-9-13-17-21-25-29-33-36-39-43-47-51-55-59-63-67-78(97)114-87-83(102)84(103)88(115-91-85(104)81(100)79(98)73(68-93)112-91)90(89(87)116-92-86(105)82(101)80(99)74(113-92)71-109-76(95)65-61-57-53-49-44-40-32-28-24-20-16-12-8-4)117-118(106,107)110-70-72(111-77(96)66-62-58-54-50-46-42-38-35-31-27-23-19-15-11-7-3)69-108-75(94)64-60-56-52-48-45-41-37-34-30-26-22-18-14-10-6-2/h26,30,40,44,72-74,79-93,98-105H,5-25,27-29,31-39,41-43,45-71H2,1-4H3,(H,106,107)/b30-26-,44-40-. The van der Waals surface area contributed by atoms with Gasteiger partial charge in [0.1, 0.15) is 92.6 Å². The maximum Gasteiger partial charge on any atom is 0.472 e. The van der Waals surface area contributed by atoms with Crippen molar-refractivity contribution < 1.29 is 122 Å². The lowest BCUT2D eigenvalue weighted by Crippen LogP contribution is -2.70. The molecular weight excluding hydrogens is 1540 g/mol. The molecule has 18 unspecified atom stereocenters. The van der Waals surface area contributed by atoms with Crippen LogP contribution < -0.4 is 0 Å². The predicted octanol–water partition coefficient (Wildman–Crippen LogP) is 17.7. The monoisotopic (exact) mass is 1710 g/mol. The van der Waals surface area contributed by atoms with Crippen molar-refractivity contribution in [3.8, 4) is 0 Å². The van der Waals surface area contributed by atoms with Crippen LogP contribution in [0.25, 0.3) is 0 Å². The van der Waals surface area contributed by atoms with Crippen LogP contribution in [0, 0.1) is 0 Å². The quantitative estimate of drug-likeness (QED) is 0.00889. The van der Waals surface area contributed by atoms with Crippen molar-refractivity contribution >= 4 is 31.7 Å². The van der Waals surface area contributed by atoms with E-state index < -0.39 is 162 Å². The normalized spacial score (nSPS) is 25.0. The summed E-state index contributed by atoms with van der Waals surface area (Å²) in [6.45, 7) is 5.59. The molecule has 1 aliphatic carbocycles. The molecule has 2 saturated heterocycles. The molecule has 10 N–H and O–H groups in total. The summed E-state index contributed by atoms with van der Waals surface area (Å²) in [5.41, 5.74) is 0. The largest absolute Gasteiger partial charge is 0.472 e. The Kier molecular flexibility index (Phi) is 65.8. The smallest absolute Gasteiger partial charge is 0.463 e. The number of hydrogen-bond acceptors (Lipinski definition) is 24. The summed E-state index contributed by atoms with van der Waals surface area (Å²) < 4.78 is 73.4. The van der Waals surface area contributed by atoms with Crippen molar-refractivity contribution in [1.29, 1.82) is 0 Å². The van der Waals surface area contributed by atoms with Crippen molar-refractivity contribution in [1.82, 2.24) is 0 Å². The first-order chi connectivity index (χ1) is 57.2. The van der Waals surface area contributed by atoms with Crippen LogP contribution in [0.4, 0.5) is 0 Å². The lowest BCUT2D eigenvalue weighted by molar-refractivity contribution is -0.360. The van der Waals surface area contributed by atoms with Crippen LogP contribution in [0.2, 0.25) is 0 Å². The molecule has 0 spiro atoms. The Balaban J connectivity index is 1.92. The minimum Gasteiger partial charge on any atom is -0.463 e. The first-order valence-corrected chi connectivity index (χ1v) is 49.1. The molecule has 0 bridgehead atoms. The van der Waals surface area contributed by atoms with Gasteiger partial charge in [-0.05, 0) is 77.0 Å². The van der Waals surface area contributed by atoms with Crippen LogP contribution in [-0.2, 0) is 70.7 Å². The van der Waals surface area contributed by atoms with E-state index in [0.29, 0.717) is 38.5 Å². The van der Waals surface area contributed by atoms with Gasteiger partial charge < -0.3 is 88.7 Å². The second-order valence-corrected chi connectivity index (χ2v) is 35.3. The van der Waals surface area contributed by atoms with E-state index in [9.17, 15) is 74.6 Å². The fourth-order valence-corrected chi connectivity index (χ4v) is 16.6. The molecule has 0 amide bonds. The molecule has 0 aromatic rings. The molecule has 18 atom stereocenters. The van der Waals surface area contributed by atoms with Gasteiger partial charge in [0.2, 0.25) is 0 Å². The van der Waals surface area contributed by atoms with Gasteiger partial charge in [-0.25, -0.2) is 4.57 Å². The Morgan fingerprint density at radius 1 is 0.331 bits per heavy atom. The highest BCUT2D eigenvalue weighted by molar-refractivity contribution is 7.47. The molecular formula is C92H169O25P. The third-order valence-corrected chi connectivity index (χ3v) is 24.2. The van der Waals surface area contributed by atoms with Crippen LogP contribution in [0.1, 0.15) is 407 Å². The maximum atomic E-state index is 14.9. The first kappa shape index (κ1) is 109. The molecule has 118 heavy (non-hydrogen) atoms. The molecule has 692 valence electrons. The fourth-order valence-electron chi connectivity index (χ4n) is 15.6. The number of hydrogen-bond donors (Lipinski definition) is 10. The Hall–Kier alpha value is -3.05. The summed E-state index contributed by atoms with van der Waals surface area (Å²) in [6.07, 6.45) is 31.6. The van der Waals surface area contributed by atoms with Crippen molar-refractivity contribution in [2.45, 2.75) is 511 Å². The second kappa shape index (κ2) is 71.1. The van der Waals surface area contributed by atoms with Crippen molar-refractivity contribution in [2.24, 2.45) is 0 Å². The SMILES string of the molecule is CCCCCC/C=C\CCCCCCCCCC(=O)OCC(COP(=O)(O)OC1C(OC2OC(CO)C(O)C(O)C2O)C(O)C(O)C(OC(=O)CCCCCCCCCCCCCCCCCC)C1OC1OC(COC(=O)CCCCC/C=C\CCCCCCCC)C(O)C(O)C1O)OC(=O)CCCCCCCCCCCCCCCCC. The minimum absolute atomic E-state index is 0.00541. The molecule has 3 fully saturated rings. The zero-order valence-electron chi connectivity index (χ0n) is 73.7. The van der Waals surface area contributed by atoms with Crippen molar-refractivity contribution in [2.75, 3.05) is 26.4 Å². The van der Waals surface area contributed by atoms with E-state index in [-0.39, 0.29) is 25.7 Å². The number of allylic oxidation sites excluding steroid dienone is 4. The number of ether oxygens (including phenoxy) is 8. The van der Waals surface area contributed by atoms with E-state index in [2.05, 4.69) is 52.0 Å². The van der Waals surface area contributed by atoms with Gasteiger partial charge in [0, 0.05) is 25.7 Å². The van der Waals surface area contributed by atoms with Crippen LogP contribution >= 0.6 is 7.82 Å². The number of rotatable bonds is 77. The first-order valence-electron chi connectivity index (χ1n) is 47.6. The van der Waals surface area contributed by atoms with E-state index in [0.717, 1.165) is 141 Å². The van der Waals surface area contributed by atoms with E-state index >= 15 is 0 Å². The molecule has 3 rings (SSSR count). The van der Waals surface area contributed by atoms with Crippen LogP contribution in [0.15, 0.2) is 24.3 Å². The van der Waals surface area contributed by atoms with Crippen LogP contribution in [0.5, 0.6) is 0 Å². The summed E-state index contributed by atoms with van der Waals surface area (Å²) in [4.78, 5) is 66.5. The molecule has 26 heteroatoms. The third kappa shape index (κ3) is 50.8. The Morgan fingerprint density at radius 3 is 1.03 bits per heavy atom. The zero-order valence-corrected chi connectivity index (χ0v) is 74.6. The summed E-state index contributed by atoms with van der Waals surface area (Å²) in [6, 6.07) is 0. The molecule has 25 nitrogen and oxygen atoms in total. The van der Waals surface area contributed by atoms with E-state index in [1.807, 2.05) is 0 Å². The number of aliphatic hydroxyl groups is 9. The van der Waals surface area contributed by atoms with Gasteiger partial charge in [0.15, 0.2) is 24.8 Å². The van der Waals surface area contributed by atoms with Gasteiger partial charge in [0.05, 0.1) is 13.2 Å². The van der Waals surface area contributed by atoms with Crippen LogP contribution in [0.3, 0.4) is 0 Å². The summed E-state index contributed by atoms with van der Waals surface area (Å²) in [7, 11) is -5.81. The highest BCUT2D eigenvalue weighted by Gasteiger charge is 2.60. The molecule has 1 saturated carbocycles. The van der Waals surface area contributed by atoms with E-state index in [1.54, 1.807) is 0 Å². The van der Waals surface area contributed by atoms with Gasteiger partial charge >= 0.3 is 31.7 Å². The lowest BCUT2D eigenvalue weighted by Gasteiger charge is -2.50. The highest BCUT2D eigenvalue weighted by atomic mass is 31.2. The Bertz CT molecular complexity index is 2550. The predicted molar refractivity (Wildman–Crippen MR) is 458 cm³/mol. The molecule has 3 aliphatic rings. The molecule has 2 aliphatic heterocycles. The Morgan fingerprint density at radius 2 is 0.636 bits per heavy atom. The molecule has 2 heterocycles.